The van der Waals surface area contributed by atoms with E-state index >= 15 is 0 Å². The smallest absolute Gasteiger partial charge is 0.407 e. The van der Waals surface area contributed by atoms with E-state index in [9.17, 15) is 4.79 Å². The van der Waals surface area contributed by atoms with Gasteiger partial charge in [0.25, 0.3) is 0 Å². The lowest BCUT2D eigenvalue weighted by Crippen LogP contribution is -2.32. The average Bonchev–Trinajstić information content (AvgIpc) is 2.49. The van der Waals surface area contributed by atoms with E-state index in [0.717, 1.165) is 25.9 Å². The third kappa shape index (κ3) is 13.4. The monoisotopic (exact) mass is 341 g/mol. The summed E-state index contributed by atoms with van der Waals surface area (Å²) in [6.45, 7) is 15.9. The second kappa shape index (κ2) is 12.3. The summed E-state index contributed by atoms with van der Waals surface area (Å²) < 4.78 is 11.1. The molecule has 0 aliphatic heterocycles. The van der Waals surface area contributed by atoms with Gasteiger partial charge in [0.2, 0.25) is 0 Å². The molecular weight excluding hydrogens is 302 g/mol. The van der Waals surface area contributed by atoms with Crippen molar-refractivity contribution < 1.29 is 14.3 Å². The van der Waals surface area contributed by atoms with Crippen molar-refractivity contribution in [1.82, 2.24) is 5.32 Å². The molecule has 1 N–H and O–H groups in total. The van der Waals surface area contributed by atoms with Gasteiger partial charge >= 0.3 is 6.09 Å². The Morgan fingerprint density at radius 2 is 1.83 bits per heavy atom. The molecule has 24 heavy (non-hydrogen) atoms. The minimum Gasteiger partial charge on any atom is -0.444 e. The maximum Gasteiger partial charge on any atom is 0.407 e. The molecule has 0 aromatic heterocycles. The van der Waals surface area contributed by atoms with Gasteiger partial charge < -0.3 is 14.8 Å². The fourth-order valence-corrected chi connectivity index (χ4v) is 1.94. The van der Waals surface area contributed by atoms with Gasteiger partial charge in [0, 0.05) is 13.2 Å². The second-order valence-electron chi connectivity index (χ2n) is 7.81. The number of ether oxygens (including phenoxy) is 2. The molecule has 4 heteroatoms. The molecule has 0 aromatic carbocycles. The topological polar surface area (TPSA) is 47.6 Å². The highest BCUT2D eigenvalue weighted by atomic mass is 16.6. The highest BCUT2D eigenvalue weighted by Gasteiger charge is 2.15. The Kier molecular flexibility index (Phi) is 11.8. The summed E-state index contributed by atoms with van der Waals surface area (Å²) >= 11 is 0. The number of carbonyl (C=O) groups is 1. The van der Waals surface area contributed by atoms with Crippen LogP contribution >= 0.6 is 0 Å². The highest BCUT2D eigenvalue weighted by molar-refractivity contribution is 5.67. The molecule has 0 heterocycles. The zero-order valence-electron chi connectivity index (χ0n) is 16.9. The first kappa shape index (κ1) is 23.0. The first-order valence-electron chi connectivity index (χ1n) is 9.39. The molecule has 0 bridgehead atoms. The van der Waals surface area contributed by atoms with Crippen molar-refractivity contribution in [2.45, 2.75) is 85.9 Å². The predicted molar refractivity (Wildman–Crippen MR) is 101 cm³/mol. The molecule has 0 fully saturated rings. The molecule has 3 unspecified atom stereocenters. The van der Waals surface area contributed by atoms with Crippen LogP contribution in [0.2, 0.25) is 0 Å². The zero-order chi connectivity index (χ0) is 18.6. The van der Waals surface area contributed by atoms with Crippen LogP contribution in [0.5, 0.6) is 0 Å². The Morgan fingerprint density at radius 3 is 2.42 bits per heavy atom. The summed E-state index contributed by atoms with van der Waals surface area (Å²) in [5.41, 5.74) is -0.437. The SMILES string of the molecule is CCC(C)COC(C)C(C)C/C=C/CCCNC(=O)OC(C)(C)C. The van der Waals surface area contributed by atoms with E-state index in [1.807, 2.05) is 20.8 Å². The van der Waals surface area contributed by atoms with Crippen LogP contribution in [-0.4, -0.2) is 30.9 Å². The Morgan fingerprint density at radius 1 is 1.17 bits per heavy atom. The fraction of sp³-hybridized carbons (Fsp3) is 0.850. The van der Waals surface area contributed by atoms with Gasteiger partial charge in [-0.15, -0.1) is 0 Å². The van der Waals surface area contributed by atoms with E-state index in [2.05, 4.69) is 45.2 Å². The van der Waals surface area contributed by atoms with Crippen LogP contribution in [0.25, 0.3) is 0 Å². The van der Waals surface area contributed by atoms with E-state index in [1.54, 1.807) is 0 Å². The summed E-state index contributed by atoms with van der Waals surface area (Å²) in [4.78, 5) is 11.5. The lowest BCUT2D eigenvalue weighted by atomic mass is 10.0. The van der Waals surface area contributed by atoms with E-state index < -0.39 is 5.60 Å². The van der Waals surface area contributed by atoms with Gasteiger partial charge in [-0.2, -0.15) is 0 Å². The molecular formula is C20H39NO3. The average molecular weight is 342 g/mol. The van der Waals surface area contributed by atoms with Crippen LogP contribution in [0.1, 0.15) is 74.1 Å². The molecule has 0 aromatic rings. The molecule has 0 saturated carbocycles. The largest absolute Gasteiger partial charge is 0.444 e. The summed E-state index contributed by atoms with van der Waals surface area (Å²) in [7, 11) is 0. The number of hydrogen-bond donors (Lipinski definition) is 1. The van der Waals surface area contributed by atoms with Crippen LogP contribution in [0, 0.1) is 11.8 Å². The number of allylic oxidation sites excluding steroid dienone is 2. The summed E-state index contributed by atoms with van der Waals surface area (Å²) in [5, 5.41) is 2.77. The van der Waals surface area contributed by atoms with Crippen LogP contribution < -0.4 is 5.32 Å². The molecule has 0 rings (SSSR count). The van der Waals surface area contributed by atoms with Crippen molar-refractivity contribution in [3.05, 3.63) is 12.2 Å². The molecule has 1 amide bonds. The molecule has 0 aliphatic rings. The fourth-order valence-electron chi connectivity index (χ4n) is 1.94. The number of hydrogen-bond acceptors (Lipinski definition) is 3. The highest BCUT2D eigenvalue weighted by Crippen LogP contribution is 2.14. The van der Waals surface area contributed by atoms with Crippen LogP contribution in [0.15, 0.2) is 12.2 Å². The summed E-state index contributed by atoms with van der Waals surface area (Å²) in [6, 6.07) is 0. The van der Waals surface area contributed by atoms with E-state index in [0.29, 0.717) is 18.4 Å². The number of nitrogens with one attached hydrogen (secondary N) is 1. The van der Waals surface area contributed by atoms with Crippen molar-refractivity contribution in [3.63, 3.8) is 0 Å². The first-order valence-corrected chi connectivity index (χ1v) is 9.39. The van der Waals surface area contributed by atoms with Crippen molar-refractivity contribution in [2.24, 2.45) is 11.8 Å². The normalized spacial score (nSPS) is 16.0. The predicted octanol–water partition coefficient (Wildman–Crippen LogP) is 5.32. The minimum absolute atomic E-state index is 0.289. The van der Waals surface area contributed by atoms with Crippen molar-refractivity contribution in [2.75, 3.05) is 13.2 Å². The lowest BCUT2D eigenvalue weighted by Gasteiger charge is -2.21. The molecule has 4 nitrogen and oxygen atoms in total. The Balaban J connectivity index is 3.72. The van der Waals surface area contributed by atoms with E-state index in [-0.39, 0.29) is 12.2 Å². The Labute approximate surface area is 149 Å². The molecule has 0 radical (unpaired) electrons. The number of amides is 1. The Bertz CT molecular complexity index is 360. The van der Waals surface area contributed by atoms with Crippen LogP contribution in [-0.2, 0) is 9.47 Å². The van der Waals surface area contributed by atoms with Crippen molar-refractivity contribution >= 4 is 6.09 Å². The Hall–Kier alpha value is -1.03. The van der Waals surface area contributed by atoms with Gasteiger partial charge in [0.1, 0.15) is 5.60 Å². The number of unbranched alkanes of at least 4 members (excludes halogenated alkanes) is 1. The maximum atomic E-state index is 11.5. The van der Waals surface area contributed by atoms with Crippen molar-refractivity contribution in [3.8, 4) is 0 Å². The zero-order valence-corrected chi connectivity index (χ0v) is 16.9. The minimum atomic E-state index is -0.437. The third-order valence-corrected chi connectivity index (χ3v) is 4.03. The third-order valence-electron chi connectivity index (χ3n) is 4.03. The maximum absolute atomic E-state index is 11.5. The standard InChI is InChI=1S/C20H39NO3/c1-8-16(2)15-23-18(4)17(3)13-11-9-10-12-14-21-19(22)24-20(5,6)7/h9,11,16-18H,8,10,12-15H2,1-7H3,(H,21,22)/b11-9+. The van der Waals surface area contributed by atoms with E-state index in [1.165, 1.54) is 6.42 Å². The van der Waals surface area contributed by atoms with Gasteiger partial charge in [-0.3, -0.25) is 0 Å². The number of carbonyl (C=O) groups excluding carboxylic acids is 1. The van der Waals surface area contributed by atoms with Gasteiger partial charge in [0.15, 0.2) is 0 Å². The van der Waals surface area contributed by atoms with Crippen LogP contribution in [0.4, 0.5) is 4.79 Å². The molecule has 0 saturated heterocycles. The lowest BCUT2D eigenvalue weighted by molar-refractivity contribution is 0.0124. The second-order valence-corrected chi connectivity index (χ2v) is 7.81. The van der Waals surface area contributed by atoms with Gasteiger partial charge in [-0.05, 0) is 58.8 Å². The quantitative estimate of drug-likeness (QED) is 0.408. The summed E-state index contributed by atoms with van der Waals surface area (Å²) in [6.07, 6.45) is 8.44. The first-order chi connectivity index (χ1) is 11.2. The molecule has 0 spiro atoms. The van der Waals surface area contributed by atoms with Crippen molar-refractivity contribution in [1.29, 1.82) is 0 Å². The number of rotatable bonds is 11. The van der Waals surface area contributed by atoms with Gasteiger partial charge in [0.05, 0.1) is 6.10 Å². The van der Waals surface area contributed by atoms with Gasteiger partial charge in [-0.25, -0.2) is 4.79 Å². The summed E-state index contributed by atoms with van der Waals surface area (Å²) in [5.74, 6) is 1.15. The van der Waals surface area contributed by atoms with Gasteiger partial charge in [-0.1, -0.05) is 39.3 Å². The molecule has 3 atom stereocenters. The molecule has 0 aliphatic carbocycles. The van der Waals surface area contributed by atoms with Crippen LogP contribution in [0.3, 0.4) is 0 Å². The number of alkyl carbamates (subject to hydrolysis) is 1. The van der Waals surface area contributed by atoms with E-state index in [4.69, 9.17) is 9.47 Å². The molecule has 142 valence electrons.